The predicted molar refractivity (Wildman–Crippen MR) is 57.1 cm³/mol. The minimum atomic E-state index is -1.27. The van der Waals surface area contributed by atoms with Crippen LogP contribution >= 0.6 is 0 Å². The van der Waals surface area contributed by atoms with E-state index in [0.29, 0.717) is 12.8 Å². The summed E-state index contributed by atoms with van der Waals surface area (Å²) in [6, 6.07) is 0. The van der Waals surface area contributed by atoms with Crippen molar-refractivity contribution in [3.05, 3.63) is 0 Å². The highest BCUT2D eigenvalue weighted by Gasteiger charge is 2.07. The van der Waals surface area contributed by atoms with Crippen LogP contribution in [0.25, 0.3) is 0 Å². The Morgan fingerprint density at radius 2 is 1.92 bits per heavy atom. The number of aliphatic hydroxyl groups excluding tert-OH is 1. The molecule has 0 saturated heterocycles. The molecule has 0 spiro atoms. The first-order valence-electron chi connectivity index (χ1n) is 4.58. The van der Waals surface area contributed by atoms with Crippen molar-refractivity contribution in [2.75, 3.05) is 6.61 Å². The first kappa shape index (κ1) is 12.4. The van der Waals surface area contributed by atoms with Gasteiger partial charge in [0, 0.05) is 25.9 Å². The summed E-state index contributed by atoms with van der Waals surface area (Å²) in [6.45, 7) is 6.49. The average Bonchev–Trinajstić information content (AvgIpc) is 1.97. The Bertz CT molecular complexity index is 217. The number of carbonyl (C=O) groups excluding carboxylic acids is 1. The Balaban J connectivity index is 3.65. The quantitative estimate of drug-likeness (QED) is 0.550. The van der Waals surface area contributed by atoms with Gasteiger partial charge in [0.2, 0.25) is 0 Å². The molecule has 0 aromatic rings. The molecule has 0 aliphatic rings. The molecular weight excluding hydrogens is 180 g/mol. The van der Waals surface area contributed by atoms with E-state index in [0.717, 1.165) is 0 Å². The summed E-state index contributed by atoms with van der Waals surface area (Å²) < 4.78 is 0. The number of rotatable bonds is 4. The molecule has 0 heterocycles. The van der Waals surface area contributed by atoms with Crippen molar-refractivity contribution in [1.82, 2.24) is 0 Å². The first-order chi connectivity index (χ1) is 5.95. The molecule has 0 aromatic carbocycles. The van der Waals surface area contributed by atoms with Crippen LogP contribution in [0.4, 0.5) is 0 Å². The van der Waals surface area contributed by atoms with Crippen LogP contribution in [0, 0.1) is 11.5 Å². The van der Waals surface area contributed by atoms with Crippen LogP contribution in [0.1, 0.15) is 19.3 Å². The SMILES string of the molecule is C[Si](C)(C)C#CCCC(=O)CCO. The molecule has 0 aromatic heterocycles. The Hall–Kier alpha value is -0.593. The van der Waals surface area contributed by atoms with Crippen LogP contribution in [-0.2, 0) is 4.79 Å². The lowest BCUT2D eigenvalue weighted by atomic mass is 10.2. The molecule has 74 valence electrons. The molecule has 0 amide bonds. The van der Waals surface area contributed by atoms with Crippen LogP contribution < -0.4 is 0 Å². The third-order valence-corrected chi connectivity index (χ3v) is 2.31. The molecule has 0 aliphatic heterocycles. The Morgan fingerprint density at radius 3 is 2.38 bits per heavy atom. The fraction of sp³-hybridized carbons (Fsp3) is 0.700. The van der Waals surface area contributed by atoms with E-state index in [-0.39, 0.29) is 18.8 Å². The van der Waals surface area contributed by atoms with Gasteiger partial charge in [-0.15, -0.1) is 11.5 Å². The fourth-order valence-corrected chi connectivity index (χ4v) is 1.43. The van der Waals surface area contributed by atoms with Crippen molar-refractivity contribution in [3.63, 3.8) is 0 Å². The molecule has 0 bridgehead atoms. The smallest absolute Gasteiger partial charge is 0.136 e. The summed E-state index contributed by atoms with van der Waals surface area (Å²) in [4.78, 5) is 11.0. The van der Waals surface area contributed by atoms with E-state index in [4.69, 9.17) is 5.11 Å². The molecule has 0 saturated carbocycles. The number of hydrogen-bond donors (Lipinski definition) is 1. The van der Waals surface area contributed by atoms with Gasteiger partial charge in [0.1, 0.15) is 13.9 Å². The van der Waals surface area contributed by atoms with Crippen LogP contribution in [0.2, 0.25) is 19.6 Å². The van der Waals surface area contributed by atoms with E-state index in [1.807, 2.05) is 0 Å². The van der Waals surface area contributed by atoms with Gasteiger partial charge in [-0.25, -0.2) is 0 Å². The normalized spacial score (nSPS) is 10.5. The zero-order valence-corrected chi connectivity index (χ0v) is 9.68. The second-order valence-corrected chi connectivity index (χ2v) is 8.81. The highest BCUT2D eigenvalue weighted by Crippen LogP contribution is 1.98. The molecule has 0 atom stereocenters. The second-order valence-electron chi connectivity index (χ2n) is 4.06. The highest BCUT2D eigenvalue weighted by molar-refractivity contribution is 6.83. The molecule has 2 nitrogen and oxygen atoms in total. The molecular formula is C10H18O2Si. The topological polar surface area (TPSA) is 37.3 Å². The molecule has 1 N–H and O–H groups in total. The van der Waals surface area contributed by atoms with Crippen molar-refractivity contribution in [3.8, 4) is 11.5 Å². The minimum absolute atomic E-state index is 0.0414. The zero-order valence-electron chi connectivity index (χ0n) is 8.68. The highest BCUT2D eigenvalue weighted by atomic mass is 28.3. The number of aliphatic hydroxyl groups is 1. The van der Waals surface area contributed by atoms with Gasteiger partial charge in [-0.3, -0.25) is 4.79 Å². The Labute approximate surface area is 81.4 Å². The van der Waals surface area contributed by atoms with Gasteiger partial charge in [-0.05, 0) is 0 Å². The summed E-state index contributed by atoms with van der Waals surface area (Å²) in [6.07, 6.45) is 1.40. The zero-order chi connectivity index (χ0) is 10.3. The van der Waals surface area contributed by atoms with Gasteiger partial charge >= 0.3 is 0 Å². The Morgan fingerprint density at radius 1 is 1.31 bits per heavy atom. The number of carbonyl (C=O) groups is 1. The van der Waals surface area contributed by atoms with Crippen molar-refractivity contribution >= 4 is 13.9 Å². The van der Waals surface area contributed by atoms with Gasteiger partial charge < -0.3 is 5.11 Å². The van der Waals surface area contributed by atoms with E-state index in [9.17, 15) is 4.79 Å². The summed E-state index contributed by atoms with van der Waals surface area (Å²) in [7, 11) is -1.27. The molecule has 0 rings (SSSR count). The van der Waals surface area contributed by atoms with Crippen LogP contribution in [-0.4, -0.2) is 25.6 Å². The third-order valence-electron chi connectivity index (χ3n) is 1.38. The summed E-state index contributed by atoms with van der Waals surface area (Å²) in [5.74, 6) is 3.13. The van der Waals surface area contributed by atoms with Gasteiger partial charge in [-0.2, -0.15) is 0 Å². The maximum Gasteiger partial charge on any atom is 0.136 e. The van der Waals surface area contributed by atoms with Crippen molar-refractivity contribution < 1.29 is 9.90 Å². The fourth-order valence-electron chi connectivity index (χ4n) is 0.779. The molecule has 13 heavy (non-hydrogen) atoms. The van der Waals surface area contributed by atoms with E-state index in [1.165, 1.54) is 0 Å². The van der Waals surface area contributed by atoms with Gasteiger partial charge in [-0.1, -0.05) is 19.6 Å². The number of Topliss-reactive ketones (excluding diaryl/α,β-unsaturated/α-hetero) is 1. The number of ketones is 1. The third kappa shape index (κ3) is 9.32. The maximum atomic E-state index is 11.0. The first-order valence-corrected chi connectivity index (χ1v) is 8.08. The predicted octanol–water partition coefficient (Wildman–Crippen LogP) is 1.60. The lowest BCUT2D eigenvalue weighted by Gasteiger charge is -2.03. The molecule has 0 radical (unpaired) electrons. The number of hydrogen-bond acceptors (Lipinski definition) is 2. The molecule has 3 heteroatoms. The lowest BCUT2D eigenvalue weighted by molar-refractivity contribution is -0.119. The van der Waals surface area contributed by atoms with E-state index in [1.54, 1.807) is 0 Å². The molecule has 0 aliphatic carbocycles. The molecule has 0 fully saturated rings. The van der Waals surface area contributed by atoms with Crippen LogP contribution in [0.15, 0.2) is 0 Å². The minimum Gasteiger partial charge on any atom is -0.396 e. The Kier molecular flexibility index (Phi) is 5.68. The average molecular weight is 198 g/mol. The maximum absolute atomic E-state index is 11.0. The molecule has 0 unspecified atom stereocenters. The van der Waals surface area contributed by atoms with E-state index in [2.05, 4.69) is 31.1 Å². The van der Waals surface area contributed by atoms with Crippen LogP contribution in [0.3, 0.4) is 0 Å². The van der Waals surface area contributed by atoms with E-state index >= 15 is 0 Å². The standard InChI is InChI=1S/C10H18O2Si/c1-13(2,3)9-5-4-6-10(12)7-8-11/h11H,4,6-8H2,1-3H3. The summed E-state index contributed by atoms with van der Waals surface area (Å²) in [5, 5.41) is 8.47. The van der Waals surface area contributed by atoms with Gasteiger partial charge in [0.15, 0.2) is 0 Å². The lowest BCUT2D eigenvalue weighted by Crippen LogP contribution is -2.16. The summed E-state index contributed by atoms with van der Waals surface area (Å²) >= 11 is 0. The monoisotopic (exact) mass is 198 g/mol. The van der Waals surface area contributed by atoms with Crippen molar-refractivity contribution in [1.29, 1.82) is 0 Å². The van der Waals surface area contributed by atoms with Crippen molar-refractivity contribution in [2.24, 2.45) is 0 Å². The second kappa shape index (κ2) is 5.95. The summed E-state index contributed by atoms with van der Waals surface area (Å²) in [5.41, 5.74) is 3.19. The van der Waals surface area contributed by atoms with Gasteiger partial charge in [0.05, 0.1) is 0 Å². The van der Waals surface area contributed by atoms with E-state index < -0.39 is 8.07 Å². The van der Waals surface area contributed by atoms with Crippen LogP contribution in [0.5, 0.6) is 0 Å². The van der Waals surface area contributed by atoms with Gasteiger partial charge in [0.25, 0.3) is 0 Å². The largest absolute Gasteiger partial charge is 0.396 e. The van der Waals surface area contributed by atoms with Crippen molar-refractivity contribution in [2.45, 2.75) is 38.9 Å².